The summed E-state index contributed by atoms with van der Waals surface area (Å²) in [5.74, 6) is 1.54. The number of Topliss-reactive ketones (excluding diaryl/α,β-unsaturated/α-hetero) is 1. The van der Waals surface area contributed by atoms with Gasteiger partial charge in [0.25, 0.3) is 0 Å². The maximum absolute atomic E-state index is 12.1. The molecule has 1 atom stereocenters. The number of aromatic hydroxyl groups is 1. The van der Waals surface area contributed by atoms with E-state index in [0.29, 0.717) is 64.0 Å². The summed E-state index contributed by atoms with van der Waals surface area (Å²) in [5, 5.41) is 12.5. The highest BCUT2D eigenvalue weighted by Crippen LogP contribution is 2.36. The molecule has 1 amide bonds. The number of hydrogen-bond donors (Lipinski definition) is 1. The molecule has 2 aliphatic heterocycles. The number of phenols is 1. The normalized spacial score (nSPS) is 19.4. The monoisotopic (exact) mass is 541 g/mol. The van der Waals surface area contributed by atoms with Gasteiger partial charge in [0, 0.05) is 68.3 Å². The van der Waals surface area contributed by atoms with Gasteiger partial charge in [0.15, 0.2) is 0 Å². The van der Waals surface area contributed by atoms with E-state index in [2.05, 4.69) is 22.4 Å². The molecule has 1 N–H and O–H groups in total. The van der Waals surface area contributed by atoms with Gasteiger partial charge in [-0.05, 0) is 42.7 Å². The van der Waals surface area contributed by atoms with Crippen LogP contribution in [0.4, 0.5) is 11.5 Å². The first-order chi connectivity index (χ1) is 19.5. The van der Waals surface area contributed by atoms with Crippen molar-refractivity contribution in [3.63, 3.8) is 0 Å². The van der Waals surface area contributed by atoms with Crippen LogP contribution in [0.5, 0.6) is 11.8 Å². The maximum Gasteiger partial charge on any atom is 0.318 e. The highest BCUT2D eigenvalue weighted by molar-refractivity contribution is 5.95. The van der Waals surface area contributed by atoms with Gasteiger partial charge in [0.2, 0.25) is 5.91 Å². The van der Waals surface area contributed by atoms with Crippen LogP contribution in [0.3, 0.4) is 0 Å². The molecule has 0 bridgehead atoms. The van der Waals surface area contributed by atoms with Gasteiger partial charge in [0.1, 0.15) is 17.4 Å². The lowest BCUT2D eigenvalue weighted by molar-refractivity contribution is -0.126. The molecule has 1 saturated carbocycles. The molecular formula is C31H35N5O4. The van der Waals surface area contributed by atoms with Crippen LogP contribution in [0.15, 0.2) is 49.1 Å². The van der Waals surface area contributed by atoms with Gasteiger partial charge in [-0.2, -0.15) is 9.97 Å². The van der Waals surface area contributed by atoms with E-state index in [4.69, 9.17) is 14.7 Å². The zero-order valence-electron chi connectivity index (χ0n) is 22.7. The summed E-state index contributed by atoms with van der Waals surface area (Å²) >= 11 is 0. The Labute approximate surface area is 234 Å². The van der Waals surface area contributed by atoms with Crippen LogP contribution in [0.1, 0.15) is 36.9 Å². The molecule has 3 aliphatic rings. The Bertz CT molecular complexity index is 1450. The minimum atomic E-state index is -0.0515. The van der Waals surface area contributed by atoms with Crippen LogP contribution in [0, 0.1) is 5.92 Å². The number of anilines is 2. The lowest BCUT2D eigenvalue weighted by atomic mass is 9.89. The molecular weight excluding hydrogens is 506 g/mol. The standard InChI is InChI=1S/C31H35N5O4/c1-2-29(39)34-12-14-35(15-13-34)30-26-10-11-36(28-18-24(38)17-22-7-3-4-9-25(22)28)19-27(26)32-31(33-30)40-20-21-6-5-8-23(37)16-21/h2-4,7,9,17-18,21,38H,1,5-6,8,10-16,19-20H2/t21-/m1/s1. The third kappa shape index (κ3) is 5.33. The Kier molecular flexibility index (Phi) is 7.28. The molecule has 0 radical (unpaired) electrons. The minimum absolute atomic E-state index is 0.0515. The smallest absolute Gasteiger partial charge is 0.318 e. The Morgan fingerprint density at radius 3 is 2.70 bits per heavy atom. The van der Waals surface area contributed by atoms with Gasteiger partial charge in [-0.3, -0.25) is 9.59 Å². The fourth-order valence-corrected chi connectivity index (χ4v) is 6.17. The quantitative estimate of drug-likeness (QED) is 0.470. The number of ketones is 1. The van der Waals surface area contributed by atoms with E-state index in [1.165, 1.54) is 6.08 Å². The second-order valence-electron chi connectivity index (χ2n) is 10.9. The first kappa shape index (κ1) is 26.1. The first-order valence-corrected chi connectivity index (χ1v) is 14.2. The Morgan fingerprint density at radius 2 is 1.90 bits per heavy atom. The Hall–Kier alpha value is -4.14. The number of amides is 1. The van der Waals surface area contributed by atoms with E-state index in [1.54, 1.807) is 6.07 Å². The Morgan fingerprint density at radius 1 is 1.07 bits per heavy atom. The first-order valence-electron chi connectivity index (χ1n) is 14.2. The molecule has 9 nitrogen and oxygen atoms in total. The second kappa shape index (κ2) is 11.2. The maximum atomic E-state index is 12.1. The zero-order valence-corrected chi connectivity index (χ0v) is 22.7. The number of hydrogen-bond acceptors (Lipinski definition) is 8. The molecule has 1 aliphatic carbocycles. The van der Waals surface area contributed by atoms with Gasteiger partial charge >= 0.3 is 6.01 Å². The van der Waals surface area contributed by atoms with Crippen LogP contribution < -0.4 is 14.5 Å². The fraction of sp³-hybridized carbons (Fsp3) is 0.419. The van der Waals surface area contributed by atoms with Crippen LogP contribution in [0.25, 0.3) is 10.8 Å². The number of benzene rings is 2. The summed E-state index contributed by atoms with van der Waals surface area (Å²) in [4.78, 5) is 40.2. The fourth-order valence-electron chi connectivity index (χ4n) is 6.17. The highest BCUT2D eigenvalue weighted by Gasteiger charge is 2.29. The predicted molar refractivity (Wildman–Crippen MR) is 154 cm³/mol. The lowest BCUT2D eigenvalue weighted by Crippen LogP contribution is -2.49. The molecule has 6 rings (SSSR count). The van der Waals surface area contributed by atoms with Crippen molar-refractivity contribution in [1.29, 1.82) is 0 Å². The van der Waals surface area contributed by atoms with Crippen molar-refractivity contribution in [3.05, 3.63) is 60.3 Å². The summed E-state index contributed by atoms with van der Waals surface area (Å²) in [5.41, 5.74) is 2.98. The number of carbonyl (C=O) groups is 2. The van der Waals surface area contributed by atoms with Gasteiger partial charge < -0.3 is 24.5 Å². The Balaban J connectivity index is 1.30. The van der Waals surface area contributed by atoms with E-state index in [-0.39, 0.29) is 17.6 Å². The van der Waals surface area contributed by atoms with E-state index >= 15 is 0 Å². The summed E-state index contributed by atoms with van der Waals surface area (Å²) in [6.45, 7) is 7.90. The van der Waals surface area contributed by atoms with Crippen molar-refractivity contribution >= 4 is 34.0 Å². The van der Waals surface area contributed by atoms with Crippen LogP contribution in [0.2, 0.25) is 0 Å². The summed E-state index contributed by atoms with van der Waals surface area (Å²) < 4.78 is 6.16. The number of carbonyl (C=O) groups excluding carboxylic acids is 2. The number of rotatable bonds is 6. The van der Waals surface area contributed by atoms with E-state index in [9.17, 15) is 14.7 Å². The van der Waals surface area contributed by atoms with Crippen molar-refractivity contribution in [2.45, 2.75) is 38.6 Å². The molecule has 9 heteroatoms. The number of fused-ring (bicyclic) bond motifs is 2. The lowest BCUT2D eigenvalue weighted by Gasteiger charge is -2.38. The zero-order chi connectivity index (χ0) is 27.6. The summed E-state index contributed by atoms with van der Waals surface area (Å²) in [6, 6.07) is 12.0. The number of phenolic OH excluding ortho intramolecular Hbond substituents is 1. The molecule has 2 fully saturated rings. The predicted octanol–water partition coefficient (Wildman–Crippen LogP) is 3.87. The van der Waals surface area contributed by atoms with Crippen molar-refractivity contribution in [3.8, 4) is 11.8 Å². The average Bonchev–Trinajstić information content (AvgIpc) is 2.98. The van der Waals surface area contributed by atoms with Gasteiger partial charge in [-0.1, -0.05) is 30.8 Å². The third-order valence-electron chi connectivity index (χ3n) is 8.29. The average molecular weight is 542 g/mol. The van der Waals surface area contributed by atoms with Crippen molar-refractivity contribution in [2.75, 3.05) is 49.1 Å². The molecule has 1 aromatic heterocycles. The molecule has 0 unspecified atom stereocenters. The highest BCUT2D eigenvalue weighted by atomic mass is 16.5. The molecule has 1 saturated heterocycles. The number of ether oxygens (including phenoxy) is 1. The molecule has 208 valence electrons. The van der Waals surface area contributed by atoms with E-state index < -0.39 is 0 Å². The number of aromatic nitrogens is 2. The van der Waals surface area contributed by atoms with Crippen LogP contribution in [-0.2, 0) is 22.6 Å². The molecule has 0 spiro atoms. The second-order valence-corrected chi connectivity index (χ2v) is 10.9. The molecule has 2 aromatic carbocycles. The van der Waals surface area contributed by atoms with Crippen molar-refractivity contribution < 1.29 is 19.4 Å². The van der Waals surface area contributed by atoms with E-state index in [1.807, 2.05) is 29.2 Å². The SMILES string of the molecule is C=CC(=O)N1CCN(c2nc(OC[C@@H]3CCCC(=O)C3)nc3c2CCN(c2cc(O)cc4ccccc24)C3)CC1. The van der Waals surface area contributed by atoms with Crippen molar-refractivity contribution in [1.82, 2.24) is 14.9 Å². The van der Waals surface area contributed by atoms with Gasteiger partial charge in [-0.25, -0.2) is 0 Å². The van der Waals surface area contributed by atoms with E-state index in [0.717, 1.165) is 59.3 Å². The summed E-state index contributed by atoms with van der Waals surface area (Å²) in [6.07, 6.45) is 5.21. The largest absolute Gasteiger partial charge is 0.508 e. The topological polar surface area (TPSA) is 99.1 Å². The van der Waals surface area contributed by atoms with Crippen LogP contribution >= 0.6 is 0 Å². The third-order valence-corrected chi connectivity index (χ3v) is 8.29. The summed E-state index contributed by atoms with van der Waals surface area (Å²) in [7, 11) is 0. The van der Waals surface area contributed by atoms with Gasteiger partial charge in [-0.15, -0.1) is 0 Å². The molecule has 3 aromatic rings. The molecule has 40 heavy (non-hydrogen) atoms. The number of nitrogens with zero attached hydrogens (tertiary/aromatic N) is 5. The van der Waals surface area contributed by atoms with Crippen LogP contribution in [-0.4, -0.2) is 71.0 Å². The molecule has 3 heterocycles. The minimum Gasteiger partial charge on any atom is -0.508 e. The van der Waals surface area contributed by atoms with Crippen molar-refractivity contribution in [2.24, 2.45) is 5.92 Å². The number of piperazine rings is 1. The van der Waals surface area contributed by atoms with Gasteiger partial charge in [0.05, 0.1) is 18.8 Å².